The molecule has 1 atom stereocenters. The normalized spacial score (nSPS) is 21.5. The summed E-state index contributed by atoms with van der Waals surface area (Å²) in [6.07, 6.45) is 1.74. The van der Waals surface area contributed by atoms with Gasteiger partial charge in [0.1, 0.15) is 0 Å². The summed E-state index contributed by atoms with van der Waals surface area (Å²) in [5.74, 6) is 0.00838. The molecular formula is C12H25N3O3S. The summed E-state index contributed by atoms with van der Waals surface area (Å²) in [6.45, 7) is 4.93. The number of nitrogens with one attached hydrogen (secondary N) is 1. The molecule has 1 saturated heterocycles. The van der Waals surface area contributed by atoms with Gasteiger partial charge in [-0.25, -0.2) is 12.7 Å². The van der Waals surface area contributed by atoms with Crippen LogP contribution in [0.2, 0.25) is 0 Å². The lowest BCUT2D eigenvalue weighted by Gasteiger charge is -2.33. The topological polar surface area (TPSA) is 69.7 Å². The van der Waals surface area contributed by atoms with Crippen LogP contribution in [0.15, 0.2) is 0 Å². The summed E-state index contributed by atoms with van der Waals surface area (Å²) in [4.78, 5) is 13.9. The van der Waals surface area contributed by atoms with Crippen molar-refractivity contribution in [3.63, 3.8) is 0 Å². The standard InChI is InChI=1S/C12H25N3O3S/c1-10(2)13-11-6-5-7-15(12(11)16)8-9-19(17,18)14(3)4/h10-11,13H,5-9H2,1-4H3. The molecule has 0 aromatic rings. The molecule has 1 unspecified atom stereocenters. The molecule has 0 radical (unpaired) electrons. The Morgan fingerprint density at radius 1 is 1.42 bits per heavy atom. The Bertz CT molecular complexity index is 406. The molecule has 0 aromatic heterocycles. The van der Waals surface area contributed by atoms with Gasteiger partial charge in [-0.2, -0.15) is 0 Å². The third-order valence-corrected chi connectivity index (χ3v) is 5.05. The fraction of sp³-hybridized carbons (Fsp3) is 0.917. The van der Waals surface area contributed by atoms with E-state index in [2.05, 4.69) is 5.32 Å². The molecule has 1 rings (SSSR count). The van der Waals surface area contributed by atoms with E-state index < -0.39 is 10.0 Å². The molecule has 6 nitrogen and oxygen atoms in total. The molecule has 1 amide bonds. The van der Waals surface area contributed by atoms with Crippen LogP contribution in [0, 0.1) is 0 Å². The van der Waals surface area contributed by atoms with E-state index in [1.54, 1.807) is 4.90 Å². The van der Waals surface area contributed by atoms with Crippen LogP contribution in [0.25, 0.3) is 0 Å². The summed E-state index contributed by atoms with van der Waals surface area (Å²) in [6, 6.07) is 0.0789. The summed E-state index contributed by atoms with van der Waals surface area (Å²) in [5.41, 5.74) is 0. The zero-order valence-corrected chi connectivity index (χ0v) is 13.0. The first kappa shape index (κ1) is 16.4. The first-order chi connectivity index (χ1) is 8.74. The molecule has 1 fully saturated rings. The third-order valence-electron chi connectivity index (χ3n) is 3.24. The lowest BCUT2D eigenvalue weighted by atomic mass is 10.0. The molecule has 19 heavy (non-hydrogen) atoms. The van der Waals surface area contributed by atoms with E-state index in [4.69, 9.17) is 0 Å². The number of piperidine rings is 1. The van der Waals surface area contributed by atoms with Crippen molar-refractivity contribution >= 4 is 15.9 Å². The van der Waals surface area contributed by atoms with E-state index in [0.29, 0.717) is 6.54 Å². The molecule has 112 valence electrons. The number of carbonyl (C=O) groups excluding carboxylic acids is 1. The monoisotopic (exact) mass is 291 g/mol. The fourth-order valence-corrected chi connectivity index (χ4v) is 2.94. The van der Waals surface area contributed by atoms with E-state index in [9.17, 15) is 13.2 Å². The van der Waals surface area contributed by atoms with Gasteiger partial charge in [-0.15, -0.1) is 0 Å². The van der Waals surface area contributed by atoms with Crippen molar-refractivity contribution < 1.29 is 13.2 Å². The maximum absolute atomic E-state index is 12.2. The summed E-state index contributed by atoms with van der Waals surface area (Å²) in [7, 11) is -0.222. The van der Waals surface area contributed by atoms with Crippen LogP contribution in [0.1, 0.15) is 26.7 Å². The lowest BCUT2D eigenvalue weighted by Crippen LogP contribution is -2.53. The average molecular weight is 291 g/mol. The van der Waals surface area contributed by atoms with Crippen LogP contribution in [-0.2, 0) is 14.8 Å². The van der Waals surface area contributed by atoms with Crippen LogP contribution in [0.4, 0.5) is 0 Å². The number of likely N-dealkylation sites (tertiary alicyclic amines) is 1. The third kappa shape index (κ3) is 4.74. The second-order valence-electron chi connectivity index (χ2n) is 5.44. The van der Waals surface area contributed by atoms with Gasteiger partial charge in [-0.1, -0.05) is 13.8 Å². The van der Waals surface area contributed by atoms with Crippen molar-refractivity contribution in [2.45, 2.75) is 38.8 Å². The highest BCUT2D eigenvalue weighted by atomic mass is 32.2. The zero-order chi connectivity index (χ0) is 14.6. The first-order valence-electron chi connectivity index (χ1n) is 6.69. The van der Waals surface area contributed by atoms with E-state index in [0.717, 1.165) is 12.8 Å². The predicted molar refractivity (Wildman–Crippen MR) is 75.3 cm³/mol. The van der Waals surface area contributed by atoms with Gasteiger partial charge in [-0.05, 0) is 12.8 Å². The highest BCUT2D eigenvalue weighted by Gasteiger charge is 2.29. The van der Waals surface area contributed by atoms with Gasteiger partial charge in [0.25, 0.3) is 0 Å². The van der Waals surface area contributed by atoms with E-state index in [1.807, 2.05) is 13.8 Å². The van der Waals surface area contributed by atoms with Crippen LogP contribution in [0.5, 0.6) is 0 Å². The molecule has 0 spiro atoms. The molecule has 0 aromatic carbocycles. The largest absolute Gasteiger partial charge is 0.340 e. The van der Waals surface area contributed by atoms with Crippen molar-refractivity contribution in [3.05, 3.63) is 0 Å². The highest BCUT2D eigenvalue weighted by Crippen LogP contribution is 2.12. The number of nitrogens with zero attached hydrogens (tertiary/aromatic N) is 2. The molecule has 1 N–H and O–H groups in total. The minimum atomic E-state index is -3.24. The molecule has 1 heterocycles. The Morgan fingerprint density at radius 3 is 2.58 bits per heavy atom. The van der Waals surface area contributed by atoms with Crippen LogP contribution in [-0.4, -0.2) is 68.6 Å². The number of hydrogen-bond donors (Lipinski definition) is 1. The Balaban J connectivity index is 2.57. The van der Waals surface area contributed by atoms with E-state index >= 15 is 0 Å². The number of sulfonamides is 1. The maximum Gasteiger partial charge on any atom is 0.239 e. The van der Waals surface area contributed by atoms with Gasteiger partial charge in [-0.3, -0.25) is 4.79 Å². The van der Waals surface area contributed by atoms with Crippen LogP contribution in [0.3, 0.4) is 0 Å². The smallest absolute Gasteiger partial charge is 0.239 e. The number of rotatable bonds is 6. The van der Waals surface area contributed by atoms with Gasteiger partial charge < -0.3 is 10.2 Å². The van der Waals surface area contributed by atoms with Crippen molar-refractivity contribution in [2.24, 2.45) is 0 Å². The molecule has 1 aliphatic rings. The minimum absolute atomic E-state index is 0.0138. The van der Waals surface area contributed by atoms with Crippen LogP contribution < -0.4 is 5.32 Å². The Labute approximate surface area is 116 Å². The van der Waals surface area contributed by atoms with Gasteiger partial charge >= 0.3 is 0 Å². The minimum Gasteiger partial charge on any atom is -0.340 e. The summed E-state index contributed by atoms with van der Waals surface area (Å²) >= 11 is 0. The Morgan fingerprint density at radius 2 is 2.05 bits per heavy atom. The lowest BCUT2D eigenvalue weighted by molar-refractivity contribution is -0.135. The van der Waals surface area contributed by atoms with Gasteiger partial charge in [0.05, 0.1) is 11.8 Å². The van der Waals surface area contributed by atoms with Crippen molar-refractivity contribution in [1.29, 1.82) is 0 Å². The van der Waals surface area contributed by atoms with Gasteiger partial charge in [0.15, 0.2) is 0 Å². The van der Waals surface area contributed by atoms with Crippen molar-refractivity contribution in [3.8, 4) is 0 Å². The molecule has 0 saturated carbocycles. The highest BCUT2D eigenvalue weighted by molar-refractivity contribution is 7.89. The molecule has 1 aliphatic heterocycles. The number of hydrogen-bond acceptors (Lipinski definition) is 4. The van der Waals surface area contributed by atoms with Crippen molar-refractivity contribution in [1.82, 2.24) is 14.5 Å². The van der Waals surface area contributed by atoms with Crippen molar-refractivity contribution in [2.75, 3.05) is 32.9 Å². The average Bonchev–Trinajstić information content (AvgIpc) is 2.29. The second-order valence-corrected chi connectivity index (χ2v) is 7.74. The second kappa shape index (κ2) is 6.67. The Hall–Kier alpha value is -0.660. The predicted octanol–water partition coefficient (Wildman–Crippen LogP) is -0.133. The van der Waals surface area contributed by atoms with Crippen LogP contribution >= 0.6 is 0 Å². The molecule has 0 aliphatic carbocycles. The van der Waals surface area contributed by atoms with Gasteiger partial charge in [0, 0.05) is 33.2 Å². The molecular weight excluding hydrogens is 266 g/mol. The van der Waals surface area contributed by atoms with E-state index in [1.165, 1.54) is 18.4 Å². The Kier molecular flexibility index (Phi) is 5.76. The summed E-state index contributed by atoms with van der Waals surface area (Å²) in [5, 5.41) is 3.23. The zero-order valence-electron chi connectivity index (χ0n) is 12.2. The number of carbonyl (C=O) groups is 1. The quantitative estimate of drug-likeness (QED) is 0.740. The summed E-state index contributed by atoms with van der Waals surface area (Å²) < 4.78 is 24.6. The number of amides is 1. The maximum atomic E-state index is 12.2. The molecule has 0 bridgehead atoms. The first-order valence-corrected chi connectivity index (χ1v) is 8.30. The fourth-order valence-electron chi connectivity index (χ4n) is 2.13. The van der Waals surface area contributed by atoms with Gasteiger partial charge in [0.2, 0.25) is 15.9 Å². The SMILES string of the molecule is CC(C)NC1CCCN(CCS(=O)(=O)N(C)C)C1=O. The molecule has 7 heteroatoms. The van der Waals surface area contributed by atoms with E-state index in [-0.39, 0.29) is 30.3 Å².